The minimum atomic E-state index is 0.384. The van der Waals surface area contributed by atoms with Crippen molar-refractivity contribution in [2.24, 2.45) is 11.7 Å². The zero-order valence-corrected chi connectivity index (χ0v) is 4.89. The van der Waals surface area contributed by atoms with Gasteiger partial charge in [0, 0.05) is 0 Å². The quantitative estimate of drug-likeness (QED) is 0.435. The molecule has 2 N–H and O–H groups in total. The molecule has 0 bridgehead atoms. The third kappa shape index (κ3) is 0.675. The maximum absolute atomic E-state index is 5.56. The average Bonchev–Trinajstić information content (AvgIpc) is 1.68. The van der Waals surface area contributed by atoms with Crippen LogP contribution in [0.2, 0.25) is 5.82 Å². The largest absolute Gasteiger partial charge is 0.335 e. The van der Waals surface area contributed by atoms with Crippen molar-refractivity contribution in [1.29, 1.82) is 0 Å². The molecule has 39 valence electrons. The Hall–Kier alpha value is 0.0249. The third-order valence-corrected chi connectivity index (χ3v) is 1.96. The molecule has 0 aromatic heterocycles. The molecular formula is C5H11BN. The minimum Gasteiger partial charge on any atom is -0.335 e. The SMILES string of the molecule is CC1[B]C(N)C1C. The Labute approximate surface area is 45.5 Å². The van der Waals surface area contributed by atoms with E-state index in [-0.39, 0.29) is 0 Å². The Morgan fingerprint density at radius 3 is 2.00 bits per heavy atom. The van der Waals surface area contributed by atoms with Crippen molar-refractivity contribution in [3.8, 4) is 0 Å². The minimum absolute atomic E-state index is 0.384. The van der Waals surface area contributed by atoms with Crippen LogP contribution >= 0.6 is 0 Å². The van der Waals surface area contributed by atoms with E-state index in [0.29, 0.717) is 5.94 Å². The first kappa shape index (κ1) is 5.17. The summed E-state index contributed by atoms with van der Waals surface area (Å²) >= 11 is 0. The van der Waals surface area contributed by atoms with Gasteiger partial charge in [-0.25, -0.2) is 0 Å². The Morgan fingerprint density at radius 2 is 2.00 bits per heavy atom. The molecule has 0 aliphatic carbocycles. The molecule has 1 rings (SSSR count). The predicted octanol–water partition coefficient (Wildman–Crippen LogP) is 0.433. The van der Waals surface area contributed by atoms with Gasteiger partial charge in [-0.1, -0.05) is 19.7 Å². The topological polar surface area (TPSA) is 26.0 Å². The molecule has 7 heavy (non-hydrogen) atoms. The molecule has 3 atom stereocenters. The van der Waals surface area contributed by atoms with E-state index in [1.807, 2.05) is 0 Å². The summed E-state index contributed by atoms with van der Waals surface area (Å²) in [5, 5.41) is 0. The zero-order valence-electron chi connectivity index (χ0n) is 4.89. The lowest BCUT2D eigenvalue weighted by Gasteiger charge is -2.36. The van der Waals surface area contributed by atoms with E-state index in [4.69, 9.17) is 5.73 Å². The van der Waals surface area contributed by atoms with Gasteiger partial charge < -0.3 is 5.73 Å². The van der Waals surface area contributed by atoms with Crippen LogP contribution < -0.4 is 5.73 Å². The molecule has 0 amide bonds. The zero-order chi connectivity index (χ0) is 5.44. The molecule has 1 nitrogen and oxygen atoms in total. The van der Waals surface area contributed by atoms with Crippen molar-refractivity contribution >= 4 is 7.28 Å². The second kappa shape index (κ2) is 1.51. The van der Waals surface area contributed by atoms with Crippen LogP contribution in [0, 0.1) is 5.92 Å². The van der Waals surface area contributed by atoms with Crippen LogP contribution in [-0.2, 0) is 0 Å². The van der Waals surface area contributed by atoms with Gasteiger partial charge in [-0.3, -0.25) is 0 Å². The highest BCUT2D eigenvalue weighted by molar-refractivity contribution is 6.44. The molecule has 1 fully saturated rings. The fourth-order valence-electron chi connectivity index (χ4n) is 0.906. The molecule has 0 aromatic carbocycles. The molecule has 0 aromatic rings. The molecular weight excluding hydrogens is 84.9 g/mol. The highest BCUT2D eigenvalue weighted by Gasteiger charge is 2.31. The Morgan fingerprint density at radius 1 is 1.43 bits per heavy atom. The molecule has 1 radical (unpaired) electrons. The van der Waals surface area contributed by atoms with E-state index in [2.05, 4.69) is 21.1 Å². The fourth-order valence-corrected chi connectivity index (χ4v) is 0.906. The lowest BCUT2D eigenvalue weighted by molar-refractivity contribution is 0.463. The standard InChI is InChI=1S/C5H11BN/c1-3-4(2)6-5(3)7/h3-5H,7H2,1-2H3. The second-order valence-corrected chi connectivity index (χ2v) is 2.49. The summed E-state index contributed by atoms with van der Waals surface area (Å²) in [5.41, 5.74) is 5.56. The van der Waals surface area contributed by atoms with Gasteiger partial charge in [-0.15, -0.1) is 0 Å². The molecule has 2 heteroatoms. The molecule has 0 spiro atoms. The summed E-state index contributed by atoms with van der Waals surface area (Å²) in [7, 11) is 2.19. The van der Waals surface area contributed by atoms with Gasteiger partial charge in [0.05, 0.1) is 0 Å². The first-order valence-corrected chi connectivity index (χ1v) is 2.82. The van der Waals surface area contributed by atoms with Crippen molar-refractivity contribution in [3.05, 3.63) is 0 Å². The van der Waals surface area contributed by atoms with Crippen LogP contribution in [0.15, 0.2) is 0 Å². The maximum Gasteiger partial charge on any atom is 0.136 e. The van der Waals surface area contributed by atoms with Crippen LogP contribution in [-0.4, -0.2) is 13.2 Å². The van der Waals surface area contributed by atoms with Crippen LogP contribution in [0.1, 0.15) is 13.8 Å². The van der Waals surface area contributed by atoms with E-state index in [1.54, 1.807) is 0 Å². The smallest absolute Gasteiger partial charge is 0.136 e. The van der Waals surface area contributed by atoms with Crippen molar-refractivity contribution < 1.29 is 0 Å². The predicted molar refractivity (Wildman–Crippen MR) is 32.3 cm³/mol. The first-order chi connectivity index (χ1) is 3.22. The van der Waals surface area contributed by atoms with Gasteiger partial charge in [0.15, 0.2) is 0 Å². The van der Waals surface area contributed by atoms with E-state index in [0.717, 1.165) is 11.7 Å². The van der Waals surface area contributed by atoms with Crippen molar-refractivity contribution in [2.75, 3.05) is 0 Å². The summed E-state index contributed by atoms with van der Waals surface area (Å²) in [5.74, 6) is 1.87. The number of rotatable bonds is 0. The Bertz CT molecular complexity index is 66.5. The summed E-state index contributed by atoms with van der Waals surface area (Å²) < 4.78 is 0. The summed E-state index contributed by atoms with van der Waals surface area (Å²) in [6, 6.07) is 0. The summed E-state index contributed by atoms with van der Waals surface area (Å²) in [6.07, 6.45) is 0. The van der Waals surface area contributed by atoms with E-state index >= 15 is 0 Å². The van der Waals surface area contributed by atoms with Gasteiger partial charge in [0.25, 0.3) is 0 Å². The van der Waals surface area contributed by atoms with Gasteiger partial charge in [0.1, 0.15) is 7.28 Å². The normalized spacial score (nSPS) is 49.9. The average molecular weight is 96.0 g/mol. The Balaban J connectivity index is 2.29. The van der Waals surface area contributed by atoms with Gasteiger partial charge in [-0.2, -0.15) is 0 Å². The molecule has 1 aliphatic heterocycles. The molecule has 3 unspecified atom stereocenters. The van der Waals surface area contributed by atoms with Crippen molar-refractivity contribution in [2.45, 2.75) is 25.6 Å². The lowest BCUT2D eigenvalue weighted by Crippen LogP contribution is -2.49. The monoisotopic (exact) mass is 96.1 g/mol. The fraction of sp³-hybridized carbons (Fsp3) is 1.00. The molecule has 1 saturated heterocycles. The van der Waals surface area contributed by atoms with Gasteiger partial charge >= 0.3 is 0 Å². The van der Waals surface area contributed by atoms with Crippen molar-refractivity contribution in [1.82, 2.24) is 0 Å². The molecule has 1 heterocycles. The summed E-state index contributed by atoms with van der Waals surface area (Å²) in [4.78, 5) is 0. The van der Waals surface area contributed by atoms with E-state index in [1.165, 1.54) is 0 Å². The van der Waals surface area contributed by atoms with Crippen LogP contribution in [0.4, 0.5) is 0 Å². The van der Waals surface area contributed by atoms with E-state index in [9.17, 15) is 0 Å². The van der Waals surface area contributed by atoms with Crippen LogP contribution in [0.25, 0.3) is 0 Å². The maximum atomic E-state index is 5.56. The lowest BCUT2D eigenvalue weighted by atomic mass is 9.40. The second-order valence-electron chi connectivity index (χ2n) is 2.49. The van der Waals surface area contributed by atoms with Crippen molar-refractivity contribution in [3.63, 3.8) is 0 Å². The summed E-state index contributed by atoms with van der Waals surface area (Å²) in [6.45, 7) is 4.39. The molecule has 0 saturated carbocycles. The van der Waals surface area contributed by atoms with Crippen LogP contribution in [0.3, 0.4) is 0 Å². The highest BCUT2D eigenvalue weighted by atomic mass is 14.6. The first-order valence-electron chi connectivity index (χ1n) is 2.82. The number of hydrogen-bond donors (Lipinski definition) is 1. The van der Waals surface area contributed by atoms with Gasteiger partial charge in [0.2, 0.25) is 0 Å². The highest BCUT2D eigenvalue weighted by Crippen LogP contribution is 2.29. The molecule has 1 aliphatic rings. The Kier molecular flexibility index (Phi) is 1.12. The van der Waals surface area contributed by atoms with Gasteiger partial charge in [-0.05, 0) is 11.9 Å². The van der Waals surface area contributed by atoms with E-state index < -0.39 is 0 Å². The number of hydrogen-bond acceptors (Lipinski definition) is 1. The van der Waals surface area contributed by atoms with Crippen LogP contribution in [0.5, 0.6) is 0 Å². The third-order valence-electron chi connectivity index (χ3n) is 1.96. The number of nitrogens with two attached hydrogens (primary N) is 1.